The summed E-state index contributed by atoms with van der Waals surface area (Å²) in [6, 6.07) is 13.0. The maximum absolute atomic E-state index is 13.6. The average Bonchev–Trinajstić information content (AvgIpc) is 3.05. The number of phenolic OH excluding ortho intramolecular Hbond substituents is 1. The first-order chi connectivity index (χ1) is 15.9. The van der Waals surface area contributed by atoms with Crippen LogP contribution in [0.4, 0.5) is 9.18 Å². The van der Waals surface area contributed by atoms with Crippen molar-refractivity contribution in [2.75, 3.05) is 33.4 Å². The highest BCUT2D eigenvalue weighted by Gasteiger charge is 2.55. The van der Waals surface area contributed by atoms with Gasteiger partial charge in [-0.2, -0.15) is 0 Å². The van der Waals surface area contributed by atoms with Crippen molar-refractivity contribution in [3.8, 4) is 5.75 Å². The lowest BCUT2D eigenvalue weighted by Crippen LogP contribution is -2.57. The number of phenols is 1. The fraction of sp³-hybridized carbons (Fsp3) is 0.440. The molecular formula is C25H30FN3O4. The molecular weight excluding hydrogens is 425 g/mol. The number of nitrogens with one attached hydrogen (secondary N) is 1. The third kappa shape index (κ3) is 4.86. The SMILES string of the molecule is COCCN1C(=O)NC(Cc2ccc(F)cc2)(C2CCN(Cc3ccccc3O)CC2)C1=O. The number of hydrogen-bond acceptors (Lipinski definition) is 5. The van der Waals surface area contributed by atoms with Crippen LogP contribution in [-0.2, 0) is 22.5 Å². The molecule has 0 bridgehead atoms. The number of likely N-dealkylation sites (tertiary alicyclic amines) is 1. The summed E-state index contributed by atoms with van der Waals surface area (Å²) in [4.78, 5) is 29.9. The van der Waals surface area contributed by atoms with E-state index in [-0.39, 0.29) is 36.5 Å². The number of carbonyl (C=O) groups is 2. The number of para-hydroxylation sites is 1. The zero-order chi connectivity index (χ0) is 23.4. The number of nitrogens with zero attached hydrogens (tertiary/aromatic N) is 2. The highest BCUT2D eigenvalue weighted by atomic mass is 19.1. The van der Waals surface area contributed by atoms with Gasteiger partial charge >= 0.3 is 6.03 Å². The number of rotatable bonds is 8. The molecule has 2 aromatic rings. The molecule has 33 heavy (non-hydrogen) atoms. The third-order valence-electron chi connectivity index (χ3n) is 6.79. The van der Waals surface area contributed by atoms with Gasteiger partial charge in [0.05, 0.1) is 13.2 Å². The Balaban J connectivity index is 1.53. The van der Waals surface area contributed by atoms with Crippen LogP contribution in [0, 0.1) is 11.7 Å². The highest BCUT2D eigenvalue weighted by Crippen LogP contribution is 2.37. The van der Waals surface area contributed by atoms with Crippen molar-refractivity contribution in [2.24, 2.45) is 5.92 Å². The molecule has 2 N–H and O–H groups in total. The Morgan fingerprint density at radius 3 is 2.48 bits per heavy atom. The Bertz CT molecular complexity index is 991. The lowest BCUT2D eigenvalue weighted by atomic mass is 9.74. The summed E-state index contributed by atoms with van der Waals surface area (Å²) in [6.45, 7) is 2.57. The quantitative estimate of drug-likeness (QED) is 0.598. The van der Waals surface area contributed by atoms with Gasteiger partial charge in [-0.05, 0) is 55.6 Å². The molecule has 1 unspecified atom stereocenters. The van der Waals surface area contributed by atoms with Crippen molar-refractivity contribution >= 4 is 11.9 Å². The Hall–Kier alpha value is -2.97. The number of halogens is 1. The van der Waals surface area contributed by atoms with Crippen LogP contribution >= 0.6 is 0 Å². The van der Waals surface area contributed by atoms with Gasteiger partial charge in [0.25, 0.3) is 5.91 Å². The summed E-state index contributed by atoms with van der Waals surface area (Å²) < 4.78 is 18.5. The van der Waals surface area contributed by atoms with Crippen molar-refractivity contribution in [1.82, 2.24) is 15.1 Å². The molecule has 2 heterocycles. The van der Waals surface area contributed by atoms with E-state index in [0.29, 0.717) is 13.0 Å². The van der Waals surface area contributed by atoms with Gasteiger partial charge in [0.15, 0.2) is 0 Å². The molecule has 2 aliphatic rings. The van der Waals surface area contributed by atoms with E-state index in [4.69, 9.17) is 4.74 Å². The van der Waals surface area contributed by atoms with E-state index in [1.54, 1.807) is 24.3 Å². The maximum Gasteiger partial charge on any atom is 0.325 e. The van der Waals surface area contributed by atoms with Gasteiger partial charge in [-0.15, -0.1) is 0 Å². The minimum atomic E-state index is -1.07. The van der Waals surface area contributed by atoms with Crippen LogP contribution < -0.4 is 5.32 Å². The summed E-state index contributed by atoms with van der Waals surface area (Å²) >= 11 is 0. The number of carbonyl (C=O) groups excluding carboxylic acids is 2. The number of imide groups is 1. The maximum atomic E-state index is 13.6. The molecule has 7 nitrogen and oxygen atoms in total. The van der Waals surface area contributed by atoms with Crippen LogP contribution in [0.1, 0.15) is 24.0 Å². The molecule has 4 rings (SSSR count). The number of aromatic hydroxyl groups is 1. The fourth-order valence-electron chi connectivity index (χ4n) is 4.96. The first kappa shape index (κ1) is 23.2. The van der Waals surface area contributed by atoms with E-state index in [0.717, 1.165) is 37.1 Å². The monoisotopic (exact) mass is 455 g/mol. The first-order valence-corrected chi connectivity index (χ1v) is 11.3. The fourth-order valence-corrected chi connectivity index (χ4v) is 4.96. The standard InChI is InChI=1S/C25H30FN3O4/c1-33-15-14-29-23(31)25(27-24(29)32,16-18-6-8-21(26)9-7-18)20-10-12-28(13-11-20)17-19-4-2-3-5-22(19)30/h2-9,20,30H,10-17H2,1H3,(H,27,32). The second kappa shape index (κ2) is 9.89. The van der Waals surface area contributed by atoms with Crippen LogP contribution in [0.25, 0.3) is 0 Å². The number of methoxy groups -OCH3 is 1. The topological polar surface area (TPSA) is 82.1 Å². The molecule has 0 aliphatic carbocycles. The van der Waals surface area contributed by atoms with Crippen molar-refractivity contribution in [1.29, 1.82) is 0 Å². The molecule has 0 radical (unpaired) electrons. The Morgan fingerprint density at radius 1 is 1.12 bits per heavy atom. The summed E-state index contributed by atoms with van der Waals surface area (Å²) in [5, 5.41) is 13.1. The minimum Gasteiger partial charge on any atom is -0.508 e. The largest absolute Gasteiger partial charge is 0.508 e. The molecule has 8 heteroatoms. The van der Waals surface area contributed by atoms with Crippen LogP contribution in [0.2, 0.25) is 0 Å². The predicted octanol–water partition coefficient (Wildman–Crippen LogP) is 2.92. The van der Waals surface area contributed by atoms with Gasteiger partial charge < -0.3 is 15.2 Å². The zero-order valence-electron chi connectivity index (χ0n) is 18.8. The van der Waals surface area contributed by atoms with E-state index < -0.39 is 11.6 Å². The van der Waals surface area contributed by atoms with E-state index in [1.165, 1.54) is 24.1 Å². The first-order valence-electron chi connectivity index (χ1n) is 11.3. The Kier molecular flexibility index (Phi) is 6.95. The second-order valence-electron chi connectivity index (χ2n) is 8.83. The Morgan fingerprint density at radius 2 is 1.82 bits per heavy atom. The van der Waals surface area contributed by atoms with Gasteiger partial charge in [-0.3, -0.25) is 14.6 Å². The van der Waals surface area contributed by atoms with Crippen LogP contribution in [0.5, 0.6) is 5.75 Å². The van der Waals surface area contributed by atoms with E-state index >= 15 is 0 Å². The van der Waals surface area contributed by atoms with E-state index in [9.17, 15) is 19.1 Å². The molecule has 1 atom stereocenters. The van der Waals surface area contributed by atoms with Crippen molar-refractivity contribution in [2.45, 2.75) is 31.3 Å². The van der Waals surface area contributed by atoms with Crippen LogP contribution in [-0.4, -0.2) is 65.7 Å². The van der Waals surface area contributed by atoms with E-state index in [2.05, 4.69) is 10.2 Å². The van der Waals surface area contributed by atoms with E-state index in [1.807, 2.05) is 12.1 Å². The summed E-state index contributed by atoms with van der Waals surface area (Å²) in [5.74, 6) is -0.367. The molecule has 0 spiro atoms. The molecule has 0 aromatic heterocycles. The lowest BCUT2D eigenvalue weighted by Gasteiger charge is -2.41. The Labute approximate surface area is 193 Å². The van der Waals surface area contributed by atoms with Crippen LogP contribution in [0.15, 0.2) is 48.5 Å². The normalized spacial score (nSPS) is 22.1. The molecule has 0 saturated carbocycles. The minimum absolute atomic E-state index is 0.0628. The number of hydrogen-bond donors (Lipinski definition) is 2. The molecule has 2 saturated heterocycles. The van der Waals surface area contributed by atoms with Crippen molar-refractivity contribution < 1.29 is 23.8 Å². The number of urea groups is 1. The summed E-state index contributed by atoms with van der Waals surface area (Å²) in [5.41, 5.74) is 0.604. The zero-order valence-corrected chi connectivity index (χ0v) is 18.8. The van der Waals surface area contributed by atoms with Gasteiger partial charge in [0, 0.05) is 25.6 Å². The van der Waals surface area contributed by atoms with Crippen molar-refractivity contribution in [3.05, 3.63) is 65.5 Å². The number of piperidine rings is 1. The number of amides is 3. The smallest absolute Gasteiger partial charge is 0.325 e. The second-order valence-corrected chi connectivity index (χ2v) is 8.83. The van der Waals surface area contributed by atoms with Gasteiger partial charge in [-0.25, -0.2) is 9.18 Å². The average molecular weight is 456 g/mol. The van der Waals surface area contributed by atoms with Crippen LogP contribution in [0.3, 0.4) is 0 Å². The van der Waals surface area contributed by atoms with Crippen molar-refractivity contribution in [3.63, 3.8) is 0 Å². The third-order valence-corrected chi connectivity index (χ3v) is 6.79. The summed E-state index contributed by atoms with van der Waals surface area (Å²) in [6.07, 6.45) is 1.75. The van der Waals surface area contributed by atoms with Gasteiger partial charge in [0.1, 0.15) is 17.1 Å². The van der Waals surface area contributed by atoms with Gasteiger partial charge in [-0.1, -0.05) is 30.3 Å². The lowest BCUT2D eigenvalue weighted by molar-refractivity contribution is -0.134. The molecule has 2 fully saturated rings. The molecule has 2 aliphatic heterocycles. The number of ether oxygens (including phenoxy) is 1. The summed E-state index contributed by atoms with van der Waals surface area (Å²) in [7, 11) is 1.53. The predicted molar refractivity (Wildman–Crippen MR) is 121 cm³/mol. The van der Waals surface area contributed by atoms with Gasteiger partial charge in [0.2, 0.25) is 0 Å². The molecule has 176 valence electrons. The molecule has 3 amide bonds. The highest BCUT2D eigenvalue weighted by molar-refractivity contribution is 6.07. The number of benzene rings is 2. The molecule has 2 aromatic carbocycles.